The molecule has 0 N–H and O–H groups in total. The molecule has 0 spiro atoms. The van der Waals surface area contributed by atoms with Gasteiger partial charge < -0.3 is 18.9 Å². The Labute approximate surface area is 395 Å². The molecule has 0 amide bonds. The number of Topliss-reactive ketones (excluding diaryl/α,β-unsaturated/α-hetero) is 2. The van der Waals surface area contributed by atoms with Crippen LogP contribution in [0.25, 0.3) is 0 Å². The third-order valence-electron chi connectivity index (χ3n) is 18.7. The van der Waals surface area contributed by atoms with Crippen LogP contribution in [0, 0.1) is 54.3 Å². The molecule has 4 saturated carbocycles. The number of aryl methyl sites for hydroxylation is 2. The van der Waals surface area contributed by atoms with Crippen molar-refractivity contribution in [3.05, 3.63) is 69.8 Å². The molecule has 2 aromatic carbocycles. The zero-order chi connectivity index (χ0) is 44.4. The molecule has 2 aromatic rings. The van der Waals surface area contributed by atoms with Crippen molar-refractivity contribution in [2.45, 2.75) is 212 Å². The molecule has 2 heterocycles. The highest BCUT2D eigenvalue weighted by atomic mass is 79.9. The van der Waals surface area contributed by atoms with Gasteiger partial charge in [0.25, 0.3) is 0 Å². The lowest BCUT2D eigenvalue weighted by Crippen LogP contribution is -2.50. The summed E-state index contributed by atoms with van der Waals surface area (Å²) >= 11 is 3.54. The molecule has 7 heteroatoms. The van der Waals surface area contributed by atoms with Gasteiger partial charge in [-0.2, -0.15) is 0 Å². The standard InChI is InChI=1S/C33H49BrO3.C24H32O3/c1-23-14-15-24-25-18-19-33(2)28(16-17-29(33)37-30-13-9-11-21-36-30)31(25)26(32(35)27(24)22-23)12-8-6-4-3-5-7-10-20-34;1-15-6-7-16-17-10-11-24(2)20(18(17)14-21(25)19(16)13-15)8-9-22(24)27-23-5-3-4-12-26-23/h14-15,22,25-26,28-31H,3-13,16-21H2,1-2H3;6-7,13,17-18,20,22-23H,3-5,8-12,14H2,1-2H3/t25?,26-,28?,29?,30?,31?,33?;/m0./s1. The van der Waals surface area contributed by atoms with E-state index in [1.165, 1.54) is 119 Å². The first-order valence-electron chi connectivity index (χ1n) is 26.5. The number of ketones is 2. The summed E-state index contributed by atoms with van der Waals surface area (Å²) in [5, 5.41) is 1.12. The average Bonchev–Trinajstić information content (AvgIpc) is 3.81. The lowest BCUT2D eigenvalue weighted by atomic mass is 9.51. The van der Waals surface area contributed by atoms with Crippen LogP contribution in [-0.2, 0) is 18.9 Å². The number of unbranched alkanes of at least 4 members (excludes halogenated alkanes) is 6. The van der Waals surface area contributed by atoms with E-state index in [0.29, 0.717) is 53.2 Å². The highest BCUT2D eigenvalue weighted by Gasteiger charge is 2.60. The second-order valence-corrected chi connectivity index (χ2v) is 23.3. The quantitative estimate of drug-likeness (QED) is 0.147. The summed E-state index contributed by atoms with van der Waals surface area (Å²) < 4.78 is 25.1. The first-order valence-corrected chi connectivity index (χ1v) is 27.6. The van der Waals surface area contributed by atoms with Crippen LogP contribution in [0.5, 0.6) is 0 Å². The Morgan fingerprint density at radius 2 is 1.17 bits per heavy atom. The molecule has 6 fully saturated rings. The van der Waals surface area contributed by atoms with Crippen molar-refractivity contribution in [3.63, 3.8) is 0 Å². The van der Waals surface area contributed by atoms with Gasteiger partial charge in [0.2, 0.25) is 0 Å². The van der Waals surface area contributed by atoms with Gasteiger partial charge in [0.1, 0.15) is 0 Å². The van der Waals surface area contributed by atoms with Gasteiger partial charge in [0, 0.05) is 42.0 Å². The van der Waals surface area contributed by atoms with E-state index in [1.807, 2.05) is 0 Å². The molecule has 64 heavy (non-hydrogen) atoms. The Balaban J connectivity index is 0.000000170. The van der Waals surface area contributed by atoms with Crippen molar-refractivity contribution < 1.29 is 28.5 Å². The fourth-order valence-electron chi connectivity index (χ4n) is 15.2. The largest absolute Gasteiger partial charge is 0.353 e. The van der Waals surface area contributed by atoms with Crippen molar-refractivity contribution >= 4 is 27.5 Å². The van der Waals surface area contributed by atoms with E-state index in [9.17, 15) is 9.59 Å². The molecule has 6 nitrogen and oxygen atoms in total. The maximum atomic E-state index is 14.1. The molecule has 2 aliphatic heterocycles. The Kier molecular flexibility index (Phi) is 15.3. The van der Waals surface area contributed by atoms with Crippen LogP contribution in [0.1, 0.15) is 216 Å². The number of fused-ring (bicyclic) bond motifs is 10. The van der Waals surface area contributed by atoms with Crippen LogP contribution in [0.2, 0.25) is 0 Å². The van der Waals surface area contributed by atoms with Crippen LogP contribution < -0.4 is 0 Å². The summed E-state index contributed by atoms with van der Waals surface area (Å²) in [5.41, 5.74) is 7.50. The molecular weight excluding hydrogens is 861 g/mol. The molecular formula is C57H81BrO6. The van der Waals surface area contributed by atoms with Gasteiger partial charge in [-0.15, -0.1) is 0 Å². The third-order valence-corrected chi connectivity index (χ3v) is 19.2. The second-order valence-electron chi connectivity index (χ2n) is 22.5. The van der Waals surface area contributed by atoms with Gasteiger partial charge >= 0.3 is 0 Å². The van der Waals surface area contributed by atoms with Crippen LogP contribution in [-0.4, -0.2) is 54.9 Å². The summed E-state index contributed by atoms with van der Waals surface area (Å²) in [7, 11) is 0. The van der Waals surface area contributed by atoms with Crippen molar-refractivity contribution in [2.24, 2.45) is 40.4 Å². The summed E-state index contributed by atoms with van der Waals surface area (Å²) in [6, 6.07) is 13.3. The number of carbonyl (C=O) groups is 2. The number of hydrogen-bond donors (Lipinski definition) is 0. The third kappa shape index (κ3) is 9.57. The molecule has 0 bridgehead atoms. The van der Waals surface area contributed by atoms with Gasteiger partial charge in [-0.05, 0) is 186 Å². The van der Waals surface area contributed by atoms with Crippen molar-refractivity contribution in [1.82, 2.24) is 0 Å². The smallest absolute Gasteiger partial charge is 0.166 e. The summed E-state index contributed by atoms with van der Waals surface area (Å²) in [6.07, 6.45) is 27.7. The topological polar surface area (TPSA) is 71.1 Å². The molecule has 13 atom stereocenters. The molecule has 2 saturated heterocycles. The maximum absolute atomic E-state index is 14.1. The normalized spacial score (nSPS) is 37.6. The number of halogens is 1. The Morgan fingerprint density at radius 3 is 1.78 bits per heavy atom. The molecule has 0 aromatic heterocycles. The zero-order valence-corrected chi connectivity index (χ0v) is 41.6. The molecule has 352 valence electrons. The SMILES string of the molecule is Cc1ccc2c(c1)C(=O)CC1C2CCC2(C)C(OC3CCCCO3)CCC12.Cc1ccc2c(c1)C(=O)[C@@H](CCCCCCCCCBr)C1C2CCC2(C)C(OC3CCCCO3)CCC12. The van der Waals surface area contributed by atoms with Gasteiger partial charge in [0.05, 0.1) is 12.2 Å². The average molecular weight is 942 g/mol. The van der Waals surface area contributed by atoms with Crippen LogP contribution in [0.3, 0.4) is 0 Å². The lowest BCUT2D eigenvalue weighted by Gasteiger charge is -2.53. The van der Waals surface area contributed by atoms with Crippen molar-refractivity contribution in [2.75, 3.05) is 18.5 Å². The van der Waals surface area contributed by atoms with Crippen LogP contribution in [0.15, 0.2) is 36.4 Å². The van der Waals surface area contributed by atoms with E-state index in [4.69, 9.17) is 18.9 Å². The minimum atomic E-state index is -0.0194. The van der Waals surface area contributed by atoms with E-state index < -0.39 is 0 Å². The summed E-state index contributed by atoms with van der Waals surface area (Å²) in [4.78, 5) is 27.0. The van der Waals surface area contributed by atoms with E-state index in [-0.39, 0.29) is 35.4 Å². The molecule has 8 aliphatic rings. The molecule has 6 aliphatic carbocycles. The van der Waals surface area contributed by atoms with E-state index in [1.54, 1.807) is 0 Å². The highest BCUT2D eigenvalue weighted by molar-refractivity contribution is 9.09. The first kappa shape index (κ1) is 47.2. The summed E-state index contributed by atoms with van der Waals surface area (Å²) in [5.74, 6) is 4.22. The highest BCUT2D eigenvalue weighted by Crippen LogP contribution is 2.64. The van der Waals surface area contributed by atoms with E-state index in [0.717, 1.165) is 81.0 Å². The predicted octanol–water partition coefficient (Wildman–Crippen LogP) is 14.5. The van der Waals surface area contributed by atoms with Crippen LogP contribution >= 0.6 is 15.9 Å². The van der Waals surface area contributed by atoms with Gasteiger partial charge in [-0.1, -0.05) is 104 Å². The number of alkyl halides is 1. The number of rotatable bonds is 13. The maximum Gasteiger partial charge on any atom is 0.166 e. The Morgan fingerprint density at radius 1 is 0.625 bits per heavy atom. The Bertz CT molecular complexity index is 1920. The first-order chi connectivity index (χ1) is 31.1. The molecule has 12 unspecified atom stereocenters. The van der Waals surface area contributed by atoms with Gasteiger partial charge in [0.15, 0.2) is 24.1 Å². The fourth-order valence-corrected chi connectivity index (χ4v) is 15.6. The fraction of sp³-hybridized carbons (Fsp3) is 0.754. The van der Waals surface area contributed by atoms with Crippen molar-refractivity contribution in [3.8, 4) is 0 Å². The minimum absolute atomic E-state index is 0.00580. The number of ether oxygens (including phenoxy) is 4. The van der Waals surface area contributed by atoms with Crippen LogP contribution in [0.4, 0.5) is 0 Å². The Hall–Kier alpha value is -1.90. The van der Waals surface area contributed by atoms with Gasteiger partial charge in [-0.3, -0.25) is 9.59 Å². The monoisotopic (exact) mass is 941 g/mol. The number of carbonyl (C=O) groups excluding carboxylic acids is 2. The summed E-state index contributed by atoms with van der Waals surface area (Å²) in [6.45, 7) is 10.8. The second kappa shape index (κ2) is 20.8. The van der Waals surface area contributed by atoms with E-state index >= 15 is 0 Å². The lowest BCUT2D eigenvalue weighted by molar-refractivity contribution is -0.213. The van der Waals surface area contributed by atoms with Gasteiger partial charge in [-0.25, -0.2) is 0 Å². The minimum Gasteiger partial charge on any atom is -0.353 e. The number of hydrogen-bond acceptors (Lipinski definition) is 6. The molecule has 0 radical (unpaired) electrons. The number of benzene rings is 2. The predicted molar refractivity (Wildman–Crippen MR) is 259 cm³/mol. The van der Waals surface area contributed by atoms with E-state index in [2.05, 4.69) is 80.0 Å². The van der Waals surface area contributed by atoms with Crippen molar-refractivity contribution in [1.29, 1.82) is 0 Å². The molecule has 10 rings (SSSR count). The zero-order valence-electron chi connectivity index (χ0n) is 40.0.